The van der Waals surface area contributed by atoms with Gasteiger partial charge in [0, 0.05) is 31.3 Å². The van der Waals surface area contributed by atoms with E-state index in [-0.39, 0.29) is 17.9 Å². The second-order valence-corrected chi connectivity index (χ2v) is 4.97. The molecule has 104 valence electrons. The van der Waals surface area contributed by atoms with E-state index in [1.807, 2.05) is 0 Å². The van der Waals surface area contributed by atoms with Crippen LogP contribution in [0.15, 0.2) is 18.3 Å². The molecule has 2 heterocycles. The Hall–Kier alpha value is -1.62. The molecule has 1 aromatic heterocycles. The Kier molecular flexibility index (Phi) is 4.37. The van der Waals surface area contributed by atoms with Crippen LogP contribution < -0.4 is 4.74 Å². The van der Waals surface area contributed by atoms with Gasteiger partial charge >= 0.3 is 0 Å². The Labute approximate surface area is 113 Å². The number of ether oxygens (including phenoxy) is 1. The van der Waals surface area contributed by atoms with Gasteiger partial charge in [0.15, 0.2) is 0 Å². The van der Waals surface area contributed by atoms with Crippen molar-refractivity contribution in [1.29, 1.82) is 0 Å². The normalized spacial score (nSPS) is 21.0. The van der Waals surface area contributed by atoms with Crippen molar-refractivity contribution >= 4 is 5.91 Å². The summed E-state index contributed by atoms with van der Waals surface area (Å²) in [7, 11) is 1.56. The molecule has 1 aliphatic heterocycles. The fourth-order valence-corrected chi connectivity index (χ4v) is 2.41. The Morgan fingerprint density at radius 3 is 3.11 bits per heavy atom. The summed E-state index contributed by atoms with van der Waals surface area (Å²) in [5, 5.41) is 9.66. The van der Waals surface area contributed by atoms with Gasteiger partial charge in [-0.05, 0) is 25.8 Å². The monoisotopic (exact) mass is 264 g/mol. The van der Waals surface area contributed by atoms with Crippen LogP contribution in [0.1, 0.15) is 30.3 Å². The summed E-state index contributed by atoms with van der Waals surface area (Å²) >= 11 is 0. The highest BCUT2D eigenvalue weighted by atomic mass is 16.5. The van der Waals surface area contributed by atoms with Gasteiger partial charge in [0.25, 0.3) is 5.91 Å². The van der Waals surface area contributed by atoms with Gasteiger partial charge in [-0.3, -0.25) is 9.78 Å². The van der Waals surface area contributed by atoms with E-state index in [0.717, 1.165) is 19.4 Å². The van der Waals surface area contributed by atoms with Crippen molar-refractivity contribution in [3.05, 3.63) is 24.0 Å². The molecular weight excluding hydrogens is 244 g/mol. The molecule has 1 aromatic rings. The fraction of sp³-hybridized carbons (Fsp3) is 0.571. The lowest BCUT2D eigenvalue weighted by Gasteiger charge is -2.34. The van der Waals surface area contributed by atoms with Crippen molar-refractivity contribution in [2.24, 2.45) is 5.92 Å². The Balaban J connectivity index is 2.10. The molecule has 0 aliphatic carbocycles. The van der Waals surface area contributed by atoms with Crippen LogP contribution in [0, 0.1) is 5.92 Å². The van der Waals surface area contributed by atoms with E-state index < -0.39 is 0 Å². The zero-order chi connectivity index (χ0) is 13.8. The predicted molar refractivity (Wildman–Crippen MR) is 71.1 cm³/mol. The molecule has 19 heavy (non-hydrogen) atoms. The molecule has 0 radical (unpaired) electrons. The second kappa shape index (κ2) is 6.02. The van der Waals surface area contributed by atoms with Gasteiger partial charge in [0.2, 0.25) is 0 Å². The number of hydrogen-bond acceptors (Lipinski definition) is 4. The number of piperidine rings is 1. The molecule has 2 rings (SSSR count). The molecular formula is C14H20N2O3. The molecule has 0 spiro atoms. The smallest absolute Gasteiger partial charge is 0.272 e. The molecule has 1 saturated heterocycles. The van der Waals surface area contributed by atoms with E-state index in [1.165, 1.54) is 0 Å². The number of aliphatic hydroxyl groups is 1. The van der Waals surface area contributed by atoms with Crippen LogP contribution in [0.2, 0.25) is 0 Å². The number of amides is 1. The Morgan fingerprint density at radius 1 is 1.63 bits per heavy atom. The van der Waals surface area contributed by atoms with Crippen molar-refractivity contribution < 1.29 is 14.6 Å². The summed E-state index contributed by atoms with van der Waals surface area (Å²) in [5.41, 5.74) is 0.394. The fourth-order valence-electron chi connectivity index (χ4n) is 2.41. The first-order chi connectivity index (χ1) is 9.11. The maximum atomic E-state index is 12.4. The van der Waals surface area contributed by atoms with Gasteiger partial charge in [0.05, 0.1) is 13.2 Å². The van der Waals surface area contributed by atoms with Crippen LogP contribution in [0.4, 0.5) is 0 Å². The van der Waals surface area contributed by atoms with Crippen LogP contribution in [0.25, 0.3) is 0 Å². The standard InChI is InChI=1S/C14H20N2O3/c1-10(17)11-4-3-7-16(9-11)14(18)13-8-12(19-2)5-6-15-13/h5-6,8,10-11,17H,3-4,7,9H2,1-2H3. The van der Waals surface area contributed by atoms with Crippen molar-refractivity contribution in [3.63, 3.8) is 0 Å². The number of aliphatic hydroxyl groups excluding tert-OH is 1. The first-order valence-electron chi connectivity index (χ1n) is 6.59. The summed E-state index contributed by atoms with van der Waals surface area (Å²) in [5.74, 6) is 0.690. The number of nitrogens with zero attached hydrogens (tertiary/aromatic N) is 2. The number of aromatic nitrogens is 1. The van der Waals surface area contributed by atoms with Crippen LogP contribution in [0.3, 0.4) is 0 Å². The SMILES string of the molecule is COc1ccnc(C(=O)N2CCCC(C(C)O)C2)c1. The molecule has 1 N–H and O–H groups in total. The summed E-state index contributed by atoms with van der Waals surface area (Å²) in [6.45, 7) is 3.10. The first kappa shape index (κ1) is 13.8. The van der Waals surface area contributed by atoms with Gasteiger partial charge in [-0.15, -0.1) is 0 Å². The van der Waals surface area contributed by atoms with Gasteiger partial charge in [-0.1, -0.05) is 0 Å². The lowest BCUT2D eigenvalue weighted by Crippen LogP contribution is -2.43. The molecule has 2 atom stereocenters. The molecule has 1 amide bonds. The number of carbonyl (C=O) groups is 1. The Bertz CT molecular complexity index is 448. The molecule has 5 nitrogen and oxygen atoms in total. The van der Waals surface area contributed by atoms with E-state index >= 15 is 0 Å². The zero-order valence-corrected chi connectivity index (χ0v) is 11.4. The van der Waals surface area contributed by atoms with E-state index in [1.54, 1.807) is 37.3 Å². The number of carbonyl (C=O) groups excluding carboxylic acids is 1. The van der Waals surface area contributed by atoms with Gasteiger partial charge in [-0.2, -0.15) is 0 Å². The minimum Gasteiger partial charge on any atom is -0.497 e. The third-order valence-electron chi connectivity index (χ3n) is 3.61. The maximum Gasteiger partial charge on any atom is 0.272 e. The Morgan fingerprint density at radius 2 is 2.42 bits per heavy atom. The summed E-state index contributed by atoms with van der Waals surface area (Å²) in [6.07, 6.45) is 3.08. The van der Waals surface area contributed by atoms with Crippen molar-refractivity contribution in [3.8, 4) is 5.75 Å². The third-order valence-corrected chi connectivity index (χ3v) is 3.61. The van der Waals surface area contributed by atoms with E-state index in [4.69, 9.17) is 4.74 Å². The summed E-state index contributed by atoms with van der Waals surface area (Å²) in [4.78, 5) is 18.2. The van der Waals surface area contributed by atoms with Crippen molar-refractivity contribution in [2.45, 2.75) is 25.9 Å². The minimum absolute atomic E-state index is 0.0933. The average Bonchev–Trinajstić information content (AvgIpc) is 2.46. The van der Waals surface area contributed by atoms with E-state index in [0.29, 0.717) is 18.0 Å². The van der Waals surface area contributed by atoms with Crippen LogP contribution >= 0.6 is 0 Å². The van der Waals surface area contributed by atoms with Gasteiger partial charge in [0.1, 0.15) is 11.4 Å². The second-order valence-electron chi connectivity index (χ2n) is 4.97. The lowest BCUT2D eigenvalue weighted by atomic mass is 9.93. The largest absolute Gasteiger partial charge is 0.497 e. The highest BCUT2D eigenvalue weighted by Crippen LogP contribution is 2.21. The van der Waals surface area contributed by atoms with Gasteiger partial charge in [-0.25, -0.2) is 0 Å². The van der Waals surface area contributed by atoms with E-state index in [2.05, 4.69) is 4.98 Å². The first-order valence-corrected chi connectivity index (χ1v) is 6.59. The third kappa shape index (κ3) is 3.23. The van der Waals surface area contributed by atoms with Crippen molar-refractivity contribution in [2.75, 3.05) is 20.2 Å². The summed E-state index contributed by atoms with van der Waals surface area (Å²) < 4.78 is 5.10. The molecule has 5 heteroatoms. The van der Waals surface area contributed by atoms with Crippen LogP contribution in [-0.2, 0) is 0 Å². The number of pyridine rings is 1. The highest BCUT2D eigenvalue weighted by Gasteiger charge is 2.27. The highest BCUT2D eigenvalue weighted by molar-refractivity contribution is 5.92. The van der Waals surface area contributed by atoms with Crippen molar-refractivity contribution in [1.82, 2.24) is 9.88 Å². The molecule has 1 fully saturated rings. The van der Waals surface area contributed by atoms with Crippen LogP contribution in [0.5, 0.6) is 5.75 Å². The number of methoxy groups -OCH3 is 1. The number of rotatable bonds is 3. The number of hydrogen-bond donors (Lipinski definition) is 1. The maximum absolute atomic E-state index is 12.4. The van der Waals surface area contributed by atoms with Gasteiger partial charge < -0.3 is 14.7 Å². The molecule has 2 unspecified atom stereocenters. The minimum atomic E-state index is -0.381. The molecule has 0 aromatic carbocycles. The predicted octanol–water partition coefficient (Wildman–Crippen LogP) is 1.32. The zero-order valence-electron chi connectivity index (χ0n) is 11.4. The van der Waals surface area contributed by atoms with Crippen LogP contribution in [-0.4, -0.2) is 47.2 Å². The number of likely N-dealkylation sites (tertiary alicyclic amines) is 1. The van der Waals surface area contributed by atoms with E-state index in [9.17, 15) is 9.90 Å². The quantitative estimate of drug-likeness (QED) is 0.894. The molecule has 1 aliphatic rings. The topological polar surface area (TPSA) is 62.7 Å². The lowest BCUT2D eigenvalue weighted by molar-refractivity contribution is 0.0461. The molecule has 0 saturated carbocycles. The molecule has 0 bridgehead atoms. The summed E-state index contributed by atoms with van der Waals surface area (Å²) in [6, 6.07) is 3.36. The average molecular weight is 264 g/mol.